The Balaban J connectivity index is 2.21. The van der Waals surface area contributed by atoms with Crippen LogP contribution < -0.4 is 5.32 Å². The van der Waals surface area contributed by atoms with E-state index in [4.69, 9.17) is 11.6 Å². The fraction of sp³-hybridized carbons (Fsp3) is 0.615. The summed E-state index contributed by atoms with van der Waals surface area (Å²) in [5.74, 6) is 0.190. The molecule has 2 rings (SSSR count). The first-order valence-electron chi connectivity index (χ1n) is 6.48. The summed E-state index contributed by atoms with van der Waals surface area (Å²) in [6.07, 6.45) is 0.817. The number of rotatable bonds is 3. The van der Waals surface area contributed by atoms with Gasteiger partial charge in [0.1, 0.15) is 5.82 Å². The van der Waals surface area contributed by atoms with Crippen molar-refractivity contribution in [1.82, 2.24) is 4.98 Å². The number of nitrogens with one attached hydrogen (secondary N) is 1. The quantitative estimate of drug-likeness (QED) is 0.891. The molecule has 0 bridgehead atoms. The van der Waals surface area contributed by atoms with Gasteiger partial charge in [0.25, 0.3) is 0 Å². The lowest BCUT2D eigenvalue weighted by Crippen LogP contribution is -2.44. The van der Waals surface area contributed by atoms with E-state index >= 15 is 0 Å². The van der Waals surface area contributed by atoms with Crippen molar-refractivity contribution in [3.8, 4) is 0 Å². The molecule has 1 aromatic heterocycles. The number of aromatic nitrogens is 1. The molecule has 0 radical (unpaired) electrons. The predicted molar refractivity (Wildman–Crippen MR) is 70.8 cm³/mol. The average molecular weight is 309 g/mol. The van der Waals surface area contributed by atoms with Crippen molar-refractivity contribution >= 4 is 17.4 Å². The molecule has 1 aromatic rings. The smallest absolute Gasteiger partial charge is 0.394 e. The second kappa shape index (κ2) is 5.77. The minimum Gasteiger partial charge on any atom is -0.394 e. The lowest BCUT2D eigenvalue weighted by Gasteiger charge is -2.37. The minimum atomic E-state index is -4.46. The summed E-state index contributed by atoms with van der Waals surface area (Å²) in [6, 6.07) is 0.852. The highest BCUT2D eigenvalue weighted by molar-refractivity contribution is 6.33. The van der Waals surface area contributed by atoms with Crippen LogP contribution in [-0.2, 0) is 6.18 Å². The zero-order valence-corrected chi connectivity index (χ0v) is 11.6. The van der Waals surface area contributed by atoms with Crippen molar-refractivity contribution in [3.63, 3.8) is 0 Å². The van der Waals surface area contributed by atoms with E-state index in [2.05, 4.69) is 10.3 Å². The van der Waals surface area contributed by atoms with Crippen molar-refractivity contribution in [2.75, 3.05) is 11.9 Å². The molecule has 1 saturated carbocycles. The maximum absolute atomic E-state index is 12.5. The molecule has 0 saturated heterocycles. The van der Waals surface area contributed by atoms with Crippen molar-refractivity contribution in [2.24, 2.45) is 0 Å². The first-order chi connectivity index (χ1) is 9.36. The molecule has 7 heteroatoms. The van der Waals surface area contributed by atoms with Crippen LogP contribution in [0.2, 0.25) is 5.02 Å². The Morgan fingerprint density at radius 3 is 2.45 bits per heavy atom. The summed E-state index contributed by atoms with van der Waals surface area (Å²) in [6.45, 7) is -0.0912. The standard InChI is InChI=1S/C13H16ClF3N2O/c14-10-6-9(13(15,16)17)7-18-11(10)19-12(8-20)4-2-1-3-5-12/h6-7,20H,1-5,8H2,(H,18,19). The third kappa shape index (κ3) is 3.35. The molecule has 3 nitrogen and oxygen atoms in total. The van der Waals surface area contributed by atoms with Gasteiger partial charge in [-0.05, 0) is 18.9 Å². The highest BCUT2D eigenvalue weighted by atomic mass is 35.5. The van der Waals surface area contributed by atoms with Crippen molar-refractivity contribution in [2.45, 2.75) is 43.8 Å². The van der Waals surface area contributed by atoms with Crippen LogP contribution in [0.5, 0.6) is 0 Å². The van der Waals surface area contributed by atoms with Gasteiger partial charge in [-0.25, -0.2) is 4.98 Å². The van der Waals surface area contributed by atoms with Crippen LogP contribution in [-0.4, -0.2) is 22.2 Å². The fourth-order valence-corrected chi connectivity index (χ4v) is 2.70. The van der Waals surface area contributed by atoms with E-state index in [9.17, 15) is 18.3 Å². The minimum absolute atomic E-state index is 0.0850. The first-order valence-corrected chi connectivity index (χ1v) is 6.86. The van der Waals surface area contributed by atoms with Crippen molar-refractivity contribution in [3.05, 3.63) is 22.8 Å². The van der Waals surface area contributed by atoms with Crippen molar-refractivity contribution < 1.29 is 18.3 Å². The summed E-state index contributed by atoms with van der Waals surface area (Å²) in [4.78, 5) is 3.76. The largest absolute Gasteiger partial charge is 0.417 e. The van der Waals surface area contributed by atoms with Gasteiger partial charge in [0.15, 0.2) is 0 Å². The predicted octanol–water partition coefficient (Wildman–Crippen LogP) is 3.86. The Labute approximate surface area is 120 Å². The number of hydrogen-bond donors (Lipinski definition) is 2. The van der Waals surface area contributed by atoms with Crippen LogP contribution in [0, 0.1) is 0 Å². The zero-order valence-electron chi connectivity index (χ0n) is 10.8. The topological polar surface area (TPSA) is 45.1 Å². The number of alkyl halides is 3. The maximum atomic E-state index is 12.5. The fourth-order valence-electron chi connectivity index (χ4n) is 2.49. The molecule has 1 heterocycles. The molecule has 0 aromatic carbocycles. The van der Waals surface area contributed by atoms with Crippen LogP contribution in [0.15, 0.2) is 12.3 Å². The number of anilines is 1. The lowest BCUT2D eigenvalue weighted by molar-refractivity contribution is -0.137. The van der Waals surface area contributed by atoms with E-state index in [0.717, 1.165) is 44.4 Å². The molecular weight excluding hydrogens is 293 g/mol. The number of hydrogen-bond acceptors (Lipinski definition) is 3. The SMILES string of the molecule is OCC1(Nc2ncc(C(F)(F)F)cc2Cl)CCCCC1. The van der Waals surface area contributed by atoms with Gasteiger partial charge in [0, 0.05) is 6.20 Å². The Morgan fingerprint density at radius 2 is 1.95 bits per heavy atom. The van der Waals surface area contributed by atoms with Gasteiger partial charge in [-0.2, -0.15) is 13.2 Å². The normalized spacial score (nSPS) is 18.9. The van der Waals surface area contributed by atoms with Gasteiger partial charge >= 0.3 is 6.18 Å². The van der Waals surface area contributed by atoms with Gasteiger partial charge in [-0.15, -0.1) is 0 Å². The molecule has 112 valence electrons. The lowest BCUT2D eigenvalue weighted by atomic mass is 9.82. The highest BCUT2D eigenvalue weighted by Gasteiger charge is 2.34. The Hall–Kier alpha value is -1.01. The Bertz CT molecular complexity index is 473. The molecule has 2 N–H and O–H groups in total. The monoisotopic (exact) mass is 308 g/mol. The number of nitrogens with zero attached hydrogens (tertiary/aromatic N) is 1. The van der Waals surface area contributed by atoms with E-state index in [-0.39, 0.29) is 17.4 Å². The van der Waals surface area contributed by atoms with E-state index in [1.807, 2.05) is 0 Å². The van der Waals surface area contributed by atoms with E-state index in [1.54, 1.807) is 0 Å². The van der Waals surface area contributed by atoms with Gasteiger partial charge in [0.05, 0.1) is 22.7 Å². The molecule has 20 heavy (non-hydrogen) atoms. The van der Waals surface area contributed by atoms with E-state index < -0.39 is 17.3 Å². The molecule has 0 atom stereocenters. The van der Waals surface area contributed by atoms with Crippen molar-refractivity contribution in [1.29, 1.82) is 0 Å². The number of pyridine rings is 1. The number of halogens is 4. The average Bonchev–Trinajstić information content (AvgIpc) is 2.41. The van der Waals surface area contributed by atoms with Gasteiger partial charge in [0.2, 0.25) is 0 Å². The summed E-state index contributed by atoms with van der Waals surface area (Å²) in [5, 5.41) is 12.5. The molecule has 1 aliphatic carbocycles. The molecule has 1 aliphatic rings. The molecule has 0 aliphatic heterocycles. The Morgan fingerprint density at radius 1 is 1.30 bits per heavy atom. The molecular formula is C13H16ClF3N2O. The third-order valence-electron chi connectivity index (χ3n) is 3.67. The second-order valence-corrected chi connectivity index (χ2v) is 5.58. The highest BCUT2D eigenvalue weighted by Crippen LogP contribution is 2.35. The zero-order chi connectivity index (χ0) is 14.8. The van der Waals surface area contributed by atoms with Crippen LogP contribution >= 0.6 is 11.6 Å². The molecule has 0 amide bonds. The maximum Gasteiger partial charge on any atom is 0.417 e. The molecule has 1 fully saturated rings. The molecule has 0 unspecified atom stereocenters. The number of aliphatic hydroxyl groups excluding tert-OH is 1. The van der Waals surface area contributed by atoms with Crippen LogP contribution in [0.1, 0.15) is 37.7 Å². The van der Waals surface area contributed by atoms with E-state index in [0.29, 0.717) is 0 Å². The summed E-state index contributed by atoms with van der Waals surface area (Å²) >= 11 is 5.87. The van der Waals surface area contributed by atoms with Gasteiger partial charge in [-0.1, -0.05) is 30.9 Å². The van der Waals surface area contributed by atoms with Crippen LogP contribution in [0.25, 0.3) is 0 Å². The summed E-state index contributed by atoms with van der Waals surface area (Å²) in [5.41, 5.74) is -1.41. The van der Waals surface area contributed by atoms with E-state index in [1.165, 1.54) is 0 Å². The van der Waals surface area contributed by atoms with Crippen LogP contribution in [0.4, 0.5) is 19.0 Å². The summed E-state index contributed by atoms with van der Waals surface area (Å²) in [7, 11) is 0. The summed E-state index contributed by atoms with van der Waals surface area (Å²) < 4.78 is 37.6. The number of aliphatic hydroxyl groups is 1. The van der Waals surface area contributed by atoms with Crippen LogP contribution in [0.3, 0.4) is 0 Å². The Kier molecular flexibility index (Phi) is 4.44. The third-order valence-corrected chi connectivity index (χ3v) is 3.95. The van der Waals surface area contributed by atoms with Gasteiger partial charge < -0.3 is 10.4 Å². The first kappa shape index (κ1) is 15.4. The van der Waals surface area contributed by atoms with Gasteiger partial charge in [-0.3, -0.25) is 0 Å². The molecule has 0 spiro atoms. The second-order valence-electron chi connectivity index (χ2n) is 5.18.